The SMILES string of the molecule is CC(C)NC(=O)CN(C)C(=O)c1cc2c(s1)CC[C@@H](C)C2. The number of nitrogens with zero attached hydrogens (tertiary/aromatic N) is 1. The molecule has 1 atom stereocenters. The van der Waals surface area contributed by atoms with Crippen LogP contribution >= 0.6 is 11.3 Å². The van der Waals surface area contributed by atoms with E-state index in [0.29, 0.717) is 5.92 Å². The summed E-state index contributed by atoms with van der Waals surface area (Å²) in [5.41, 5.74) is 1.32. The fourth-order valence-corrected chi connectivity index (χ4v) is 3.86. The summed E-state index contributed by atoms with van der Waals surface area (Å²) in [7, 11) is 1.68. The largest absolute Gasteiger partial charge is 0.352 e. The van der Waals surface area contributed by atoms with Gasteiger partial charge in [-0.3, -0.25) is 9.59 Å². The average Bonchev–Trinajstić information content (AvgIpc) is 2.79. The first kappa shape index (κ1) is 16.0. The van der Waals surface area contributed by atoms with Crippen LogP contribution in [0.25, 0.3) is 0 Å². The Morgan fingerprint density at radius 3 is 2.86 bits per heavy atom. The molecule has 1 aromatic heterocycles. The Morgan fingerprint density at radius 1 is 1.48 bits per heavy atom. The Balaban J connectivity index is 2.01. The van der Waals surface area contributed by atoms with Crippen molar-refractivity contribution in [2.24, 2.45) is 5.92 Å². The van der Waals surface area contributed by atoms with Crippen LogP contribution in [0.2, 0.25) is 0 Å². The summed E-state index contributed by atoms with van der Waals surface area (Å²) in [5.74, 6) is 0.529. The molecule has 0 unspecified atom stereocenters. The van der Waals surface area contributed by atoms with Crippen molar-refractivity contribution >= 4 is 23.2 Å². The van der Waals surface area contributed by atoms with Crippen LogP contribution in [0.1, 0.15) is 47.3 Å². The van der Waals surface area contributed by atoms with Gasteiger partial charge in [0, 0.05) is 18.0 Å². The van der Waals surface area contributed by atoms with Gasteiger partial charge in [-0.25, -0.2) is 0 Å². The summed E-state index contributed by atoms with van der Waals surface area (Å²) < 4.78 is 0. The fourth-order valence-electron chi connectivity index (χ4n) is 2.65. The maximum absolute atomic E-state index is 12.4. The molecular weight excluding hydrogens is 284 g/mol. The number of amides is 2. The van der Waals surface area contributed by atoms with Crippen LogP contribution in [0.15, 0.2) is 6.07 Å². The molecular formula is C16H24N2O2S. The number of thiophene rings is 1. The van der Waals surface area contributed by atoms with Crippen molar-refractivity contribution in [1.82, 2.24) is 10.2 Å². The third kappa shape index (κ3) is 4.06. The lowest BCUT2D eigenvalue weighted by Gasteiger charge is -2.17. The first-order valence-corrected chi connectivity index (χ1v) is 8.35. The highest BCUT2D eigenvalue weighted by molar-refractivity contribution is 7.14. The summed E-state index contributed by atoms with van der Waals surface area (Å²) in [5, 5.41) is 2.81. The highest BCUT2D eigenvalue weighted by atomic mass is 32.1. The highest BCUT2D eigenvalue weighted by Crippen LogP contribution is 2.32. The number of carbonyl (C=O) groups is 2. The van der Waals surface area contributed by atoms with Gasteiger partial charge >= 0.3 is 0 Å². The van der Waals surface area contributed by atoms with Crippen molar-refractivity contribution in [3.63, 3.8) is 0 Å². The zero-order valence-corrected chi connectivity index (χ0v) is 14.0. The van der Waals surface area contributed by atoms with E-state index < -0.39 is 0 Å². The van der Waals surface area contributed by atoms with Crippen molar-refractivity contribution < 1.29 is 9.59 Å². The summed E-state index contributed by atoms with van der Waals surface area (Å²) >= 11 is 1.59. The summed E-state index contributed by atoms with van der Waals surface area (Å²) in [6.45, 7) is 6.18. The van der Waals surface area contributed by atoms with Gasteiger partial charge in [-0.05, 0) is 50.7 Å². The second kappa shape index (κ2) is 6.60. The predicted molar refractivity (Wildman–Crippen MR) is 85.7 cm³/mol. The van der Waals surface area contributed by atoms with E-state index in [1.807, 2.05) is 19.9 Å². The van der Waals surface area contributed by atoms with Gasteiger partial charge in [0.15, 0.2) is 0 Å². The molecule has 1 N–H and O–H groups in total. The smallest absolute Gasteiger partial charge is 0.264 e. The van der Waals surface area contributed by atoms with Crippen LogP contribution in [-0.2, 0) is 17.6 Å². The van der Waals surface area contributed by atoms with Crippen molar-refractivity contribution in [3.05, 3.63) is 21.4 Å². The zero-order chi connectivity index (χ0) is 15.6. The third-order valence-corrected chi connectivity index (χ3v) is 4.94. The Hall–Kier alpha value is -1.36. The van der Waals surface area contributed by atoms with Gasteiger partial charge in [-0.1, -0.05) is 6.92 Å². The van der Waals surface area contributed by atoms with Crippen molar-refractivity contribution in [2.75, 3.05) is 13.6 Å². The lowest BCUT2D eigenvalue weighted by molar-refractivity contribution is -0.122. The second-order valence-electron chi connectivity index (χ2n) is 6.29. The molecule has 0 saturated carbocycles. The van der Waals surface area contributed by atoms with Crippen molar-refractivity contribution in [1.29, 1.82) is 0 Å². The lowest BCUT2D eigenvalue weighted by Crippen LogP contribution is -2.40. The zero-order valence-electron chi connectivity index (χ0n) is 13.2. The van der Waals surface area contributed by atoms with Crippen molar-refractivity contribution in [2.45, 2.75) is 46.1 Å². The molecule has 0 bridgehead atoms. The Kier molecular flexibility index (Phi) is 5.04. The fraction of sp³-hybridized carbons (Fsp3) is 0.625. The molecule has 1 heterocycles. The summed E-state index contributed by atoms with van der Waals surface area (Å²) in [6, 6.07) is 2.12. The molecule has 116 valence electrons. The van der Waals surface area contributed by atoms with E-state index in [9.17, 15) is 9.59 Å². The maximum atomic E-state index is 12.4. The first-order valence-electron chi connectivity index (χ1n) is 7.53. The number of rotatable bonds is 4. The van der Waals surface area contributed by atoms with Crippen molar-refractivity contribution in [3.8, 4) is 0 Å². The van der Waals surface area contributed by atoms with Gasteiger partial charge in [-0.15, -0.1) is 11.3 Å². The van der Waals surface area contributed by atoms with Crippen LogP contribution < -0.4 is 5.32 Å². The number of hydrogen-bond acceptors (Lipinski definition) is 3. The molecule has 0 fully saturated rings. The van der Waals surface area contributed by atoms with E-state index in [0.717, 1.165) is 17.7 Å². The molecule has 4 nitrogen and oxygen atoms in total. The molecule has 21 heavy (non-hydrogen) atoms. The van der Waals surface area contributed by atoms with Gasteiger partial charge < -0.3 is 10.2 Å². The molecule has 5 heteroatoms. The molecule has 0 radical (unpaired) electrons. The second-order valence-corrected chi connectivity index (χ2v) is 7.43. The molecule has 0 spiro atoms. The number of carbonyl (C=O) groups excluding carboxylic acids is 2. The van der Waals surface area contributed by atoms with Gasteiger partial charge in [-0.2, -0.15) is 0 Å². The van der Waals surface area contributed by atoms with Crippen LogP contribution in [0.3, 0.4) is 0 Å². The molecule has 0 saturated heterocycles. The average molecular weight is 308 g/mol. The molecule has 0 aromatic carbocycles. The number of aryl methyl sites for hydroxylation is 1. The van der Waals surface area contributed by atoms with E-state index in [4.69, 9.17) is 0 Å². The van der Waals surface area contributed by atoms with Crippen LogP contribution in [-0.4, -0.2) is 36.3 Å². The minimum absolute atomic E-state index is 0.0547. The molecule has 1 aliphatic rings. The summed E-state index contributed by atoms with van der Waals surface area (Å²) in [6.07, 6.45) is 3.34. The Morgan fingerprint density at radius 2 is 2.19 bits per heavy atom. The molecule has 0 aliphatic heterocycles. The molecule has 1 aliphatic carbocycles. The maximum Gasteiger partial charge on any atom is 0.264 e. The number of likely N-dealkylation sites (N-methyl/N-ethyl adjacent to an activating group) is 1. The van der Waals surface area contributed by atoms with E-state index in [1.165, 1.54) is 21.8 Å². The normalized spacial score (nSPS) is 17.5. The lowest BCUT2D eigenvalue weighted by atomic mass is 9.90. The van der Waals surface area contributed by atoms with Gasteiger partial charge in [0.1, 0.15) is 0 Å². The third-order valence-electron chi connectivity index (χ3n) is 3.72. The van der Waals surface area contributed by atoms with Crippen LogP contribution in [0.4, 0.5) is 0 Å². The summed E-state index contributed by atoms with van der Waals surface area (Å²) in [4.78, 5) is 27.8. The minimum Gasteiger partial charge on any atom is -0.352 e. The molecule has 2 amide bonds. The van der Waals surface area contributed by atoms with Gasteiger partial charge in [0.25, 0.3) is 5.91 Å². The molecule has 2 rings (SSSR count). The monoisotopic (exact) mass is 308 g/mol. The number of nitrogens with one attached hydrogen (secondary N) is 1. The highest BCUT2D eigenvalue weighted by Gasteiger charge is 2.23. The van der Waals surface area contributed by atoms with E-state index in [1.54, 1.807) is 18.4 Å². The van der Waals surface area contributed by atoms with E-state index in [-0.39, 0.29) is 24.4 Å². The van der Waals surface area contributed by atoms with E-state index in [2.05, 4.69) is 12.2 Å². The molecule has 1 aromatic rings. The van der Waals surface area contributed by atoms with Gasteiger partial charge in [0.2, 0.25) is 5.91 Å². The first-order chi connectivity index (χ1) is 9.86. The van der Waals surface area contributed by atoms with Crippen LogP contribution in [0.5, 0.6) is 0 Å². The Bertz CT molecular complexity index is 536. The van der Waals surface area contributed by atoms with E-state index >= 15 is 0 Å². The number of fused-ring (bicyclic) bond motifs is 1. The standard InChI is InChI=1S/C16H24N2O2S/c1-10(2)17-15(19)9-18(4)16(20)14-8-12-7-11(3)5-6-13(12)21-14/h8,10-11H,5-7,9H2,1-4H3,(H,17,19)/t11-/m1/s1. The van der Waals surface area contributed by atoms with Gasteiger partial charge in [0.05, 0.1) is 11.4 Å². The predicted octanol–water partition coefficient (Wildman–Crippen LogP) is 2.47. The topological polar surface area (TPSA) is 49.4 Å². The Labute approximate surface area is 130 Å². The number of hydrogen-bond donors (Lipinski definition) is 1. The quantitative estimate of drug-likeness (QED) is 0.929. The minimum atomic E-state index is -0.115. The van der Waals surface area contributed by atoms with Crippen LogP contribution in [0, 0.1) is 5.92 Å².